The highest BCUT2D eigenvalue weighted by atomic mass is 79.9. The number of fused-ring (bicyclic) bond motifs is 2. The van der Waals surface area contributed by atoms with Gasteiger partial charge in [-0.3, -0.25) is 4.98 Å². The van der Waals surface area contributed by atoms with Crippen LogP contribution in [0.2, 0.25) is 0 Å². The van der Waals surface area contributed by atoms with Crippen molar-refractivity contribution in [3.05, 3.63) is 52.8 Å². The molecular formula is C16H12BrN5. The molecule has 0 aliphatic carbocycles. The summed E-state index contributed by atoms with van der Waals surface area (Å²) < 4.78 is 2.76. The van der Waals surface area contributed by atoms with Gasteiger partial charge in [0.1, 0.15) is 4.60 Å². The lowest BCUT2D eigenvalue weighted by atomic mass is 10.1. The summed E-state index contributed by atoms with van der Waals surface area (Å²) in [6, 6.07) is 6.07. The van der Waals surface area contributed by atoms with E-state index in [0.29, 0.717) is 0 Å². The largest absolute Gasteiger partial charge is 0.303 e. The first-order valence-corrected chi connectivity index (χ1v) is 7.66. The predicted octanol–water partition coefficient (Wildman–Crippen LogP) is 3.72. The van der Waals surface area contributed by atoms with Gasteiger partial charge in [-0.1, -0.05) is 18.2 Å². The van der Waals surface area contributed by atoms with E-state index in [4.69, 9.17) is 4.98 Å². The molecule has 22 heavy (non-hydrogen) atoms. The van der Waals surface area contributed by atoms with E-state index >= 15 is 0 Å². The monoisotopic (exact) mass is 353 g/mol. The van der Waals surface area contributed by atoms with E-state index in [2.05, 4.69) is 31.1 Å². The molecule has 0 N–H and O–H groups in total. The van der Waals surface area contributed by atoms with E-state index in [1.807, 2.05) is 48.8 Å². The van der Waals surface area contributed by atoms with Gasteiger partial charge in [0.05, 0.1) is 23.3 Å². The molecule has 4 rings (SSSR count). The Hall–Kier alpha value is -2.34. The van der Waals surface area contributed by atoms with Crippen molar-refractivity contribution in [1.82, 2.24) is 24.6 Å². The fraction of sp³-hybridized carbons (Fsp3) is 0.125. The first-order chi connectivity index (χ1) is 10.6. The molecule has 0 aliphatic heterocycles. The number of halogens is 1. The Kier molecular flexibility index (Phi) is 2.94. The first-order valence-electron chi connectivity index (χ1n) is 6.87. The van der Waals surface area contributed by atoms with Crippen LogP contribution in [0.15, 0.2) is 41.4 Å². The van der Waals surface area contributed by atoms with E-state index in [1.165, 1.54) is 0 Å². The fourth-order valence-electron chi connectivity index (χ4n) is 2.73. The summed E-state index contributed by atoms with van der Waals surface area (Å²) in [4.78, 5) is 9.21. The number of imidazole rings is 1. The van der Waals surface area contributed by atoms with Crippen LogP contribution in [0, 0.1) is 13.8 Å². The van der Waals surface area contributed by atoms with Gasteiger partial charge in [-0.05, 0) is 29.8 Å². The van der Waals surface area contributed by atoms with Crippen molar-refractivity contribution in [1.29, 1.82) is 0 Å². The molecule has 0 saturated carbocycles. The molecule has 0 radical (unpaired) electrons. The topological polar surface area (TPSA) is 56.0 Å². The minimum atomic E-state index is 0.740. The highest BCUT2D eigenvalue weighted by Gasteiger charge is 2.12. The lowest BCUT2D eigenvalue weighted by Crippen LogP contribution is -1.93. The smallest absolute Gasteiger partial charge is 0.158 e. The molecule has 1 aromatic carbocycles. The second-order valence-corrected chi connectivity index (χ2v) is 5.98. The van der Waals surface area contributed by atoms with Crippen molar-refractivity contribution in [3.8, 4) is 11.3 Å². The van der Waals surface area contributed by atoms with E-state index < -0.39 is 0 Å². The average Bonchev–Trinajstić information content (AvgIpc) is 2.91. The molecule has 0 bridgehead atoms. The highest BCUT2D eigenvalue weighted by molar-refractivity contribution is 9.10. The Morgan fingerprint density at radius 2 is 1.91 bits per heavy atom. The van der Waals surface area contributed by atoms with E-state index in [0.717, 1.165) is 43.7 Å². The van der Waals surface area contributed by atoms with E-state index in [1.54, 1.807) is 6.20 Å². The molecule has 0 spiro atoms. The number of hydrogen-bond donors (Lipinski definition) is 0. The molecule has 3 heterocycles. The van der Waals surface area contributed by atoms with Gasteiger partial charge in [-0.15, -0.1) is 5.10 Å². The molecule has 5 nitrogen and oxygen atoms in total. The van der Waals surface area contributed by atoms with Gasteiger partial charge < -0.3 is 4.40 Å². The van der Waals surface area contributed by atoms with E-state index in [-0.39, 0.29) is 0 Å². The summed E-state index contributed by atoms with van der Waals surface area (Å²) in [6.07, 6.45) is 5.79. The zero-order valence-electron chi connectivity index (χ0n) is 12.1. The summed E-state index contributed by atoms with van der Waals surface area (Å²) >= 11 is 3.45. The quantitative estimate of drug-likeness (QED) is 0.523. The van der Waals surface area contributed by atoms with Crippen molar-refractivity contribution in [2.75, 3.05) is 0 Å². The lowest BCUT2D eigenvalue weighted by molar-refractivity contribution is 1.03. The predicted molar refractivity (Wildman–Crippen MR) is 88.7 cm³/mol. The normalized spacial score (nSPS) is 11.4. The molecule has 0 fully saturated rings. The Bertz CT molecular complexity index is 1020. The number of rotatable bonds is 1. The molecular weight excluding hydrogens is 342 g/mol. The number of aromatic nitrogens is 5. The molecule has 0 amide bonds. The maximum Gasteiger partial charge on any atom is 0.158 e. The molecule has 3 aromatic heterocycles. The van der Waals surface area contributed by atoms with Gasteiger partial charge in [-0.2, -0.15) is 5.10 Å². The minimum Gasteiger partial charge on any atom is -0.303 e. The second kappa shape index (κ2) is 4.84. The second-order valence-electron chi connectivity index (χ2n) is 5.23. The van der Waals surface area contributed by atoms with Crippen LogP contribution in [0.25, 0.3) is 27.7 Å². The van der Waals surface area contributed by atoms with Crippen LogP contribution in [0.1, 0.15) is 11.4 Å². The van der Waals surface area contributed by atoms with Crippen molar-refractivity contribution in [3.63, 3.8) is 0 Å². The summed E-state index contributed by atoms with van der Waals surface area (Å²) in [6.45, 7) is 3.96. The van der Waals surface area contributed by atoms with Crippen LogP contribution in [0.4, 0.5) is 0 Å². The summed E-state index contributed by atoms with van der Waals surface area (Å²) in [5.41, 5.74) is 4.71. The van der Waals surface area contributed by atoms with Crippen LogP contribution in [-0.4, -0.2) is 24.6 Å². The van der Waals surface area contributed by atoms with Crippen molar-refractivity contribution in [2.45, 2.75) is 13.8 Å². The molecule has 0 aliphatic rings. The lowest BCUT2D eigenvalue weighted by Gasteiger charge is -2.03. The summed E-state index contributed by atoms with van der Waals surface area (Å²) in [5, 5.41) is 10.1. The van der Waals surface area contributed by atoms with Gasteiger partial charge in [0.15, 0.2) is 5.65 Å². The summed E-state index contributed by atoms with van der Waals surface area (Å²) in [5.74, 6) is 0. The van der Waals surface area contributed by atoms with Crippen LogP contribution in [-0.2, 0) is 0 Å². The standard InChI is InChI=1S/C16H12BrN5/c1-9-7-22-8-14(20-16(22)10(2)19-9)11-4-3-5-12-13(11)6-18-21-15(12)17/h3-8H,1-2H3. The van der Waals surface area contributed by atoms with Gasteiger partial charge >= 0.3 is 0 Å². The summed E-state index contributed by atoms with van der Waals surface area (Å²) in [7, 11) is 0. The maximum absolute atomic E-state index is 4.74. The third-order valence-corrected chi connectivity index (χ3v) is 4.25. The van der Waals surface area contributed by atoms with Crippen LogP contribution >= 0.6 is 15.9 Å². The first kappa shape index (κ1) is 13.3. The molecule has 0 saturated heterocycles. The third-order valence-electron chi connectivity index (χ3n) is 3.66. The Labute approximate surface area is 135 Å². The zero-order chi connectivity index (χ0) is 15.3. The number of benzene rings is 1. The molecule has 108 valence electrons. The zero-order valence-corrected chi connectivity index (χ0v) is 13.7. The molecule has 4 aromatic rings. The fourth-order valence-corrected chi connectivity index (χ4v) is 3.17. The Balaban J connectivity index is 2.03. The maximum atomic E-state index is 4.74. The highest BCUT2D eigenvalue weighted by Crippen LogP contribution is 2.30. The SMILES string of the molecule is Cc1cn2cc(-c3cccc4c(Br)nncc34)nc2c(C)n1. The van der Waals surface area contributed by atoms with Crippen molar-refractivity contribution < 1.29 is 0 Å². The molecule has 6 heteroatoms. The molecule has 0 unspecified atom stereocenters. The number of aryl methyl sites for hydroxylation is 2. The number of hydrogen-bond acceptors (Lipinski definition) is 4. The van der Waals surface area contributed by atoms with Gasteiger partial charge in [0.2, 0.25) is 0 Å². The minimum absolute atomic E-state index is 0.740. The number of nitrogens with zero attached hydrogens (tertiary/aromatic N) is 5. The van der Waals surface area contributed by atoms with Crippen LogP contribution < -0.4 is 0 Å². The van der Waals surface area contributed by atoms with Crippen LogP contribution in [0.3, 0.4) is 0 Å². The Morgan fingerprint density at radius 1 is 1.05 bits per heavy atom. The van der Waals surface area contributed by atoms with Gasteiger partial charge in [0.25, 0.3) is 0 Å². The third kappa shape index (κ3) is 1.99. The van der Waals surface area contributed by atoms with Gasteiger partial charge in [-0.25, -0.2) is 4.98 Å². The molecule has 0 atom stereocenters. The van der Waals surface area contributed by atoms with Crippen LogP contribution in [0.5, 0.6) is 0 Å². The Morgan fingerprint density at radius 3 is 2.77 bits per heavy atom. The van der Waals surface area contributed by atoms with E-state index in [9.17, 15) is 0 Å². The van der Waals surface area contributed by atoms with Gasteiger partial charge in [0, 0.05) is 28.7 Å². The average molecular weight is 354 g/mol. The van der Waals surface area contributed by atoms with Crippen molar-refractivity contribution in [2.24, 2.45) is 0 Å². The van der Waals surface area contributed by atoms with Crippen molar-refractivity contribution >= 4 is 32.3 Å².